The largest absolute Gasteiger partial charge is 0.493 e. The number of nitrogens with two attached hydrogens (primary N) is 1. The van der Waals surface area contributed by atoms with Gasteiger partial charge in [-0.15, -0.1) is 0 Å². The number of nitrogens with zero attached hydrogens (tertiary/aromatic N) is 1. The molecule has 4 nitrogen and oxygen atoms in total. The standard InChI is InChI=1S/C17H26N2O2/c1-19-10-4-5-13(11-19)21-15-7-3-6-14(16(15)20-2)17(12-18)8-9-17/h3,6-7,13H,4-5,8-12,18H2,1-2H3. The number of likely N-dealkylation sites (N-methyl/N-ethyl adjacent to an activating group) is 1. The van der Waals surface area contributed by atoms with Gasteiger partial charge in [-0.1, -0.05) is 12.1 Å². The first-order valence-electron chi connectivity index (χ1n) is 7.91. The molecule has 0 bridgehead atoms. The first-order valence-corrected chi connectivity index (χ1v) is 7.91. The molecule has 2 fully saturated rings. The van der Waals surface area contributed by atoms with E-state index < -0.39 is 0 Å². The monoisotopic (exact) mass is 290 g/mol. The van der Waals surface area contributed by atoms with Crippen molar-refractivity contribution in [1.82, 2.24) is 4.90 Å². The Labute approximate surface area is 127 Å². The number of likely N-dealkylation sites (tertiary alicyclic amines) is 1. The molecule has 21 heavy (non-hydrogen) atoms. The lowest BCUT2D eigenvalue weighted by molar-refractivity contribution is 0.101. The van der Waals surface area contributed by atoms with Gasteiger partial charge in [0, 0.05) is 24.1 Å². The van der Waals surface area contributed by atoms with Gasteiger partial charge in [-0.05, 0) is 45.3 Å². The van der Waals surface area contributed by atoms with Crippen LogP contribution in [0.1, 0.15) is 31.2 Å². The van der Waals surface area contributed by atoms with Crippen LogP contribution < -0.4 is 15.2 Å². The maximum Gasteiger partial charge on any atom is 0.164 e. The number of ether oxygens (including phenoxy) is 2. The van der Waals surface area contributed by atoms with E-state index >= 15 is 0 Å². The smallest absolute Gasteiger partial charge is 0.164 e. The lowest BCUT2D eigenvalue weighted by atomic mass is 9.94. The highest BCUT2D eigenvalue weighted by Crippen LogP contribution is 2.52. The van der Waals surface area contributed by atoms with Gasteiger partial charge >= 0.3 is 0 Å². The maximum absolute atomic E-state index is 6.25. The van der Waals surface area contributed by atoms with Gasteiger partial charge < -0.3 is 20.1 Å². The van der Waals surface area contributed by atoms with Crippen LogP contribution in [0.4, 0.5) is 0 Å². The summed E-state index contributed by atoms with van der Waals surface area (Å²) in [7, 11) is 3.88. The van der Waals surface area contributed by atoms with E-state index in [0.29, 0.717) is 6.54 Å². The molecule has 1 aliphatic carbocycles. The van der Waals surface area contributed by atoms with Crippen molar-refractivity contribution in [2.45, 2.75) is 37.2 Å². The fourth-order valence-electron chi connectivity index (χ4n) is 3.37. The Bertz CT molecular complexity index is 500. The molecular formula is C17H26N2O2. The fourth-order valence-corrected chi connectivity index (χ4v) is 3.37. The third-order valence-corrected chi connectivity index (χ3v) is 4.87. The van der Waals surface area contributed by atoms with Gasteiger partial charge in [-0.25, -0.2) is 0 Å². The van der Waals surface area contributed by atoms with Crippen LogP contribution in [-0.2, 0) is 5.41 Å². The second-order valence-corrected chi connectivity index (χ2v) is 6.47. The topological polar surface area (TPSA) is 47.7 Å². The summed E-state index contributed by atoms with van der Waals surface area (Å²) in [6.07, 6.45) is 4.85. The van der Waals surface area contributed by atoms with Crippen molar-refractivity contribution in [1.29, 1.82) is 0 Å². The quantitative estimate of drug-likeness (QED) is 0.903. The van der Waals surface area contributed by atoms with Crippen molar-refractivity contribution in [3.05, 3.63) is 23.8 Å². The Morgan fingerprint density at radius 2 is 2.19 bits per heavy atom. The molecule has 1 atom stereocenters. The molecule has 1 heterocycles. The molecule has 2 N–H and O–H groups in total. The van der Waals surface area contributed by atoms with Crippen LogP contribution >= 0.6 is 0 Å². The van der Waals surface area contributed by atoms with Gasteiger partial charge in [0.1, 0.15) is 6.10 Å². The van der Waals surface area contributed by atoms with Crippen molar-refractivity contribution < 1.29 is 9.47 Å². The number of piperidine rings is 1. The van der Waals surface area contributed by atoms with E-state index in [4.69, 9.17) is 15.2 Å². The summed E-state index contributed by atoms with van der Waals surface area (Å²) in [6.45, 7) is 2.82. The normalized spacial score (nSPS) is 24.6. The molecule has 0 spiro atoms. The molecular weight excluding hydrogens is 264 g/mol. The summed E-state index contributed by atoms with van der Waals surface area (Å²) in [5, 5.41) is 0. The second-order valence-electron chi connectivity index (χ2n) is 6.47. The molecule has 4 heteroatoms. The average molecular weight is 290 g/mol. The first-order chi connectivity index (χ1) is 10.2. The van der Waals surface area contributed by atoms with E-state index in [0.717, 1.165) is 43.9 Å². The Hall–Kier alpha value is -1.26. The van der Waals surface area contributed by atoms with Crippen LogP contribution in [-0.4, -0.2) is 44.8 Å². The Morgan fingerprint density at radius 1 is 1.38 bits per heavy atom. The molecule has 1 aromatic carbocycles. The van der Waals surface area contributed by atoms with Gasteiger partial charge in [0.2, 0.25) is 0 Å². The number of benzene rings is 1. The Kier molecular flexibility index (Phi) is 4.09. The molecule has 3 rings (SSSR count). The zero-order valence-electron chi connectivity index (χ0n) is 13.1. The Balaban J connectivity index is 1.83. The summed E-state index contributed by atoms with van der Waals surface area (Å²) < 4.78 is 11.9. The summed E-state index contributed by atoms with van der Waals surface area (Å²) in [5.74, 6) is 1.75. The van der Waals surface area contributed by atoms with Crippen molar-refractivity contribution in [2.24, 2.45) is 5.73 Å². The van der Waals surface area contributed by atoms with Crippen LogP contribution in [0.15, 0.2) is 18.2 Å². The number of hydrogen-bond acceptors (Lipinski definition) is 4. The minimum absolute atomic E-state index is 0.119. The van der Waals surface area contributed by atoms with E-state index in [1.165, 1.54) is 12.0 Å². The van der Waals surface area contributed by atoms with Gasteiger partial charge in [-0.3, -0.25) is 0 Å². The summed E-state index contributed by atoms with van der Waals surface area (Å²) in [6, 6.07) is 6.22. The minimum atomic E-state index is 0.119. The molecule has 2 aliphatic rings. The lowest BCUT2D eigenvalue weighted by Gasteiger charge is -2.31. The summed E-state index contributed by atoms with van der Waals surface area (Å²) >= 11 is 0. The highest BCUT2D eigenvalue weighted by molar-refractivity contribution is 5.52. The van der Waals surface area contributed by atoms with Gasteiger partial charge in [0.25, 0.3) is 0 Å². The van der Waals surface area contributed by atoms with Crippen LogP contribution in [0, 0.1) is 0 Å². The number of methoxy groups -OCH3 is 1. The van der Waals surface area contributed by atoms with Crippen molar-refractivity contribution in [2.75, 3.05) is 33.8 Å². The molecule has 1 aromatic rings. The van der Waals surface area contributed by atoms with E-state index in [-0.39, 0.29) is 11.5 Å². The van der Waals surface area contributed by atoms with E-state index in [1.807, 2.05) is 6.07 Å². The first kappa shape index (κ1) is 14.7. The van der Waals surface area contributed by atoms with Gasteiger partial charge in [0.15, 0.2) is 11.5 Å². The fraction of sp³-hybridized carbons (Fsp3) is 0.647. The molecule has 1 saturated carbocycles. The highest BCUT2D eigenvalue weighted by atomic mass is 16.5. The highest BCUT2D eigenvalue weighted by Gasteiger charge is 2.45. The molecule has 0 radical (unpaired) electrons. The number of para-hydroxylation sites is 1. The third-order valence-electron chi connectivity index (χ3n) is 4.87. The minimum Gasteiger partial charge on any atom is -0.493 e. The van der Waals surface area contributed by atoms with Crippen molar-refractivity contribution in [3.63, 3.8) is 0 Å². The van der Waals surface area contributed by atoms with E-state index in [2.05, 4.69) is 24.1 Å². The number of hydrogen-bond donors (Lipinski definition) is 1. The van der Waals surface area contributed by atoms with Crippen LogP contribution in [0.25, 0.3) is 0 Å². The molecule has 1 unspecified atom stereocenters. The van der Waals surface area contributed by atoms with E-state index in [1.54, 1.807) is 7.11 Å². The third kappa shape index (κ3) is 2.87. The molecule has 116 valence electrons. The average Bonchev–Trinajstić information content (AvgIpc) is 3.28. The van der Waals surface area contributed by atoms with Gasteiger partial charge in [-0.2, -0.15) is 0 Å². The summed E-state index contributed by atoms with van der Waals surface area (Å²) in [5.41, 5.74) is 7.31. The van der Waals surface area contributed by atoms with Crippen molar-refractivity contribution in [3.8, 4) is 11.5 Å². The number of rotatable bonds is 5. The molecule has 1 saturated heterocycles. The SMILES string of the molecule is COc1c(OC2CCCN(C)C2)cccc1C1(CN)CC1. The molecule has 1 aliphatic heterocycles. The lowest BCUT2D eigenvalue weighted by Crippen LogP contribution is -2.38. The van der Waals surface area contributed by atoms with E-state index in [9.17, 15) is 0 Å². The maximum atomic E-state index is 6.25. The van der Waals surface area contributed by atoms with Crippen LogP contribution in [0.3, 0.4) is 0 Å². The van der Waals surface area contributed by atoms with Crippen LogP contribution in [0.5, 0.6) is 11.5 Å². The van der Waals surface area contributed by atoms with Crippen LogP contribution in [0.2, 0.25) is 0 Å². The Morgan fingerprint density at radius 3 is 2.81 bits per heavy atom. The molecule has 0 aromatic heterocycles. The van der Waals surface area contributed by atoms with Crippen molar-refractivity contribution >= 4 is 0 Å². The second kappa shape index (κ2) is 5.85. The summed E-state index contributed by atoms with van der Waals surface area (Å²) in [4.78, 5) is 2.33. The predicted molar refractivity (Wildman–Crippen MR) is 84.1 cm³/mol. The zero-order valence-corrected chi connectivity index (χ0v) is 13.1. The van der Waals surface area contributed by atoms with Gasteiger partial charge in [0.05, 0.1) is 7.11 Å². The molecule has 0 amide bonds. The zero-order chi connectivity index (χ0) is 14.9. The predicted octanol–water partition coefficient (Wildman–Crippen LogP) is 2.16.